The normalized spacial score (nSPS) is 10.8. The van der Waals surface area contributed by atoms with E-state index in [4.69, 9.17) is 28.6 Å². The number of halogens is 2. The third-order valence-electron chi connectivity index (χ3n) is 3.71. The highest BCUT2D eigenvalue weighted by atomic mass is 79.9. The van der Waals surface area contributed by atoms with Gasteiger partial charge in [0.15, 0.2) is 5.11 Å². The van der Waals surface area contributed by atoms with Crippen LogP contribution in [0.1, 0.15) is 16.1 Å². The molecule has 0 amide bonds. The zero-order valence-electron chi connectivity index (χ0n) is 14.3. The molecule has 27 heavy (non-hydrogen) atoms. The molecule has 0 spiro atoms. The molecule has 0 aliphatic carbocycles. The van der Waals surface area contributed by atoms with Crippen LogP contribution in [0.3, 0.4) is 0 Å². The number of benzene rings is 1. The summed E-state index contributed by atoms with van der Waals surface area (Å²) >= 11 is 16.3. The van der Waals surface area contributed by atoms with E-state index in [1.807, 2.05) is 29.1 Å². The molecular weight excluding hydrogens is 472 g/mol. The Morgan fingerprint density at radius 2 is 2.30 bits per heavy atom. The van der Waals surface area contributed by atoms with Gasteiger partial charge in [-0.2, -0.15) is 5.10 Å². The number of carbonyl (C=O) groups is 1. The minimum absolute atomic E-state index is 0.400. The molecule has 2 N–H and O–H groups in total. The van der Waals surface area contributed by atoms with Gasteiger partial charge in [0.1, 0.15) is 4.88 Å². The van der Waals surface area contributed by atoms with Crippen LogP contribution < -0.4 is 10.6 Å². The standard InChI is InChI=1S/C17H16BrClN4O2S2/c1-25-16(24)15-14(19)12-4-3-11(7-13(12)27-15)22-17(26)20-5-2-6-23-9-10(18)8-21-23/h3-4,7-9H,2,5-6H2,1H3,(H2,20,22,26). The van der Waals surface area contributed by atoms with Crippen molar-refractivity contribution < 1.29 is 9.53 Å². The van der Waals surface area contributed by atoms with E-state index in [0.29, 0.717) is 15.0 Å². The lowest BCUT2D eigenvalue weighted by Gasteiger charge is -2.10. The minimum Gasteiger partial charge on any atom is -0.465 e. The molecule has 0 aliphatic heterocycles. The SMILES string of the molecule is COC(=O)c1sc2cc(NC(=S)NCCCn3cc(Br)cn3)ccc2c1Cl. The molecule has 1 aromatic carbocycles. The highest BCUT2D eigenvalue weighted by Gasteiger charge is 2.17. The average molecular weight is 488 g/mol. The van der Waals surface area contributed by atoms with E-state index in [9.17, 15) is 4.79 Å². The fourth-order valence-electron chi connectivity index (χ4n) is 2.45. The molecule has 0 saturated heterocycles. The van der Waals surface area contributed by atoms with Gasteiger partial charge in [-0.3, -0.25) is 4.68 Å². The van der Waals surface area contributed by atoms with Gasteiger partial charge in [-0.05, 0) is 52.8 Å². The van der Waals surface area contributed by atoms with Crippen molar-refractivity contribution in [2.45, 2.75) is 13.0 Å². The number of fused-ring (bicyclic) bond motifs is 1. The number of rotatable bonds is 6. The summed E-state index contributed by atoms with van der Waals surface area (Å²) in [7, 11) is 1.34. The van der Waals surface area contributed by atoms with Gasteiger partial charge in [-0.15, -0.1) is 11.3 Å². The lowest BCUT2D eigenvalue weighted by Crippen LogP contribution is -2.29. The predicted molar refractivity (Wildman–Crippen MR) is 117 cm³/mol. The van der Waals surface area contributed by atoms with E-state index in [2.05, 4.69) is 31.7 Å². The van der Waals surface area contributed by atoms with Gasteiger partial charge in [0, 0.05) is 35.1 Å². The van der Waals surface area contributed by atoms with Crippen molar-refractivity contribution >= 4 is 77.9 Å². The van der Waals surface area contributed by atoms with Crippen molar-refractivity contribution in [1.82, 2.24) is 15.1 Å². The number of thiophene rings is 1. The molecular formula is C17H16BrClN4O2S2. The lowest BCUT2D eigenvalue weighted by molar-refractivity contribution is 0.0606. The first-order chi connectivity index (χ1) is 13.0. The van der Waals surface area contributed by atoms with Gasteiger partial charge in [-0.25, -0.2) is 4.79 Å². The molecule has 2 aromatic heterocycles. The second kappa shape index (κ2) is 9.01. The minimum atomic E-state index is -0.433. The highest BCUT2D eigenvalue weighted by molar-refractivity contribution is 9.10. The van der Waals surface area contributed by atoms with Crippen molar-refractivity contribution in [3.8, 4) is 0 Å². The van der Waals surface area contributed by atoms with E-state index in [1.54, 1.807) is 6.20 Å². The Bertz CT molecular complexity index is 989. The van der Waals surface area contributed by atoms with Crippen LogP contribution >= 0.6 is 51.1 Å². The molecule has 3 rings (SSSR count). The Kier molecular flexibility index (Phi) is 6.69. The Hall–Kier alpha value is -1.68. The number of esters is 1. The number of nitrogens with one attached hydrogen (secondary N) is 2. The van der Waals surface area contributed by atoms with E-state index >= 15 is 0 Å². The Balaban J connectivity index is 1.55. The van der Waals surface area contributed by atoms with E-state index in [-0.39, 0.29) is 0 Å². The third kappa shape index (κ3) is 4.98. The number of aromatic nitrogens is 2. The summed E-state index contributed by atoms with van der Waals surface area (Å²) < 4.78 is 8.48. The van der Waals surface area contributed by atoms with Crippen molar-refractivity contribution in [3.05, 3.63) is 45.0 Å². The molecule has 142 valence electrons. The Labute approximate surface area is 179 Å². The van der Waals surface area contributed by atoms with Crippen LogP contribution in [-0.4, -0.2) is 34.5 Å². The summed E-state index contributed by atoms with van der Waals surface area (Å²) in [5, 5.41) is 12.3. The van der Waals surface area contributed by atoms with Crippen LogP contribution in [0.15, 0.2) is 35.1 Å². The van der Waals surface area contributed by atoms with E-state index in [0.717, 1.165) is 39.8 Å². The van der Waals surface area contributed by atoms with Crippen LogP contribution in [0.2, 0.25) is 5.02 Å². The number of aryl methyl sites for hydroxylation is 1. The molecule has 3 aromatic rings. The Morgan fingerprint density at radius 1 is 1.48 bits per heavy atom. The van der Waals surface area contributed by atoms with Crippen LogP contribution in [-0.2, 0) is 11.3 Å². The van der Waals surface area contributed by atoms with Crippen LogP contribution in [0.4, 0.5) is 5.69 Å². The van der Waals surface area contributed by atoms with Crippen LogP contribution in [0, 0.1) is 0 Å². The molecule has 0 atom stereocenters. The molecule has 0 saturated carbocycles. The number of nitrogens with zero attached hydrogens (tertiary/aromatic N) is 2. The third-order valence-corrected chi connectivity index (χ3v) is 6.00. The number of carbonyl (C=O) groups excluding carboxylic acids is 1. The lowest BCUT2D eigenvalue weighted by atomic mass is 10.2. The van der Waals surface area contributed by atoms with Crippen LogP contribution in [0.25, 0.3) is 10.1 Å². The summed E-state index contributed by atoms with van der Waals surface area (Å²) in [5.41, 5.74) is 0.824. The van der Waals surface area contributed by atoms with Gasteiger partial charge >= 0.3 is 5.97 Å². The van der Waals surface area contributed by atoms with Crippen molar-refractivity contribution in [3.63, 3.8) is 0 Å². The molecule has 0 fully saturated rings. The maximum atomic E-state index is 11.8. The maximum absolute atomic E-state index is 11.8. The zero-order chi connectivity index (χ0) is 19.4. The zero-order valence-corrected chi connectivity index (χ0v) is 18.3. The molecule has 0 radical (unpaired) electrons. The first-order valence-corrected chi connectivity index (χ1v) is 10.4. The summed E-state index contributed by atoms with van der Waals surface area (Å²) in [6.45, 7) is 1.53. The molecule has 0 unspecified atom stereocenters. The summed E-state index contributed by atoms with van der Waals surface area (Å²) in [6.07, 6.45) is 4.58. The van der Waals surface area contributed by atoms with Gasteiger partial charge in [0.05, 0.1) is 22.8 Å². The van der Waals surface area contributed by atoms with Crippen molar-refractivity contribution in [2.24, 2.45) is 0 Å². The fourth-order valence-corrected chi connectivity index (χ4v) is 4.46. The first kappa shape index (κ1) is 20.1. The number of ether oxygens (including phenoxy) is 1. The van der Waals surface area contributed by atoms with E-state index in [1.165, 1.54) is 18.4 Å². The van der Waals surface area contributed by atoms with Gasteiger partial charge in [-0.1, -0.05) is 11.6 Å². The summed E-state index contributed by atoms with van der Waals surface area (Å²) in [4.78, 5) is 12.2. The largest absolute Gasteiger partial charge is 0.465 e. The monoisotopic (exact) mass is 486 g/mol. The number of hydrogen-bond acceptors (Lipinski definition) is 5. The number of methoxy groups -OCH3 is 1. The predicted octanol–water partition coefficient (Wildman–Crippen LogP) is 4.68. The number of thiocarbonyl (C=S) groups is 1. The molecule has 10 heteroatoms. The molecule has 0 bridgehead atoms. The smallest absolute Gasteiger partial charge is 0.349 e. The van der Waals surface area contributed by atoms with E-state index < -0.39 is 5.97 Å². The second-order valence-electron chi connectivity index (χ2n) is 5.60. The topological polar surface area (TPSA) is 68.2 Å². The van der Waals surface area contributed by atoms with Gasteiger partial charge in [0.25, 0.3) is 0 Å². The number of anilines is 1. The fraction of sp³-hybridized carbons (Fsp3) is 0.235. The van der Waals surface area contributed by atoms with Crippen LogP contribution in [0.5, 0.6) is 0 Å². The van der Waals surface area contributed by atoms with Gasteiger partial charge < -0.3 is 15.4 Å². The average Bonchev–Trinajstić information content (AvgIpc) is 3.21. The summed E-state index contributed by atoms with van der Waals surface area (Å²) in [6, 6.07) is 5.64. The molecule has 0 aliphatic rings. The number of hydrogen-bond donors (Lipinski definition) is 2. The van der Waals surface area contributed by atoms with Crippen molar-refractivity contribution in [2.75, 3.05) is 19.0 Å². The second-order valence-corrected chi connectivity index (χ2v) is 8.36. The van der Waals surface area contributed by atoms with Gasteiger partial charge in [0.2, 0.25) is 0 Å². The quantitative estimate of drug-likeness (QED) is 0.299. The maximum Gasteiger partial charge on any atom is 0.349 e. The first-order valence-electron chi connectivity index (χ1n) is 8.01. The summed E-state index contributed by atoms with van der Waals surface area (Å²) in [5.74, 6) is -0.433. The molecule has 2 heterocycles. The highest BCUT2D eigenvalue weighted by Crippen LogP contribution is 2.37. The van der Waals surface area contributed by atoms with Crippen molar-refractivity contribution in [1.29, 1.82) is 0 Å². The molecule has 6 nitrogen and oxygen atoms in total. The Morgan fingerprint density at radius 3 is 3.00 bits per heavy atom.